The minimum atomic E-state index is -0.0702. The van der Waals surface area contributed by atoms with E-state index >= 15 is 0 Å². The minimum absolute atomic E-state index is 0.0702. The van der Waals surface area contributed by atoms with E-state index in [1.54, 1.807) is 19.2 Å². The van der Waals surface area contributed by atoms with Crippen LogP contribution in [0.4, 0.5) is 5.69 Å². The zero-order chi connectivity index (χ0) is 16.1. The number of nitrogens with zero attached hydrogens (tertiary/aromatic N) is 1. The highest BCUT2D eigenvalue weighted by molar-refractivity contribution is 5.73. The van der Waals surface area contributed by atoms with Crippen LogP contribution in [0, 0.1) is 11.8 Å². The van der Waals surface area contributed by atoms with Gasteiger partial charge < -0.3 is 19.9 Å². The smallest absolute Gasteiger partial charge is 0.163 e. The van der Waals surface area contributed by atoms with Crippen molar-refractivity contribution in [3.63, 3.8) is 0 Å². The van der Waals surface area contributed by atoms with Gasteiger partial charge >= 0.3 is 0 Å². The molecule has 5 nitrogen and oxygen atoms in total. The fourth-order valence-corrected chi connectivity index (χ4v) is 2.70. The van der Waals surface area contributed by atoms with E-state index in [9.17, 15) is 5.11 Å². The Balaban J connectivity index is 2.18. The molecule has 0 radical (unpaired) electrons. The molecule has 2 rings (SSSR count). The molecule has 2 N–H and O–H groups in total. The summed E-state index contributed by atoms with van der Waals surface area (Å²) in [5.41, 5.74) is 1.02. The van der Waals surface area contributed by atoms with Gasteiger partial charge in [-0.2, -0.15) is 0 Å². The first-order valence-electron chi connectivity index (χ1n) is 7.47. The highest BCUT2D eigenvalue weighted by Crippen LogP contribution is 2.37. The van der Waals surface area contributed by atoms with Crippen LogP contribution in [0.5, 0.6) is 11.5 Å². The molecule has 1 aromatic rings. The maximum absolute atomic E-state index is 9.63. The van der Waals surface area contributed by atoms with Gasteiger partial charge in [0.1, 0.15) is 5.76 Å². The molecule has 2 atom stereocenters. The average Bonchev–Trinajstić information content (AvgIpc) is 2.53. The number of rotatable bonds is 6. The van der Waals surface area contributed by atoms with E-state index in [2.05, 4.69) is 30.5 Å². The van der Waals surface area contributed by atoms with Gasteiger partial charge in [-0.05, 0) is 44.1 Å². The first-order valence-corrected chi connectivity index (χ1v) is 7.47. The van der Waals surface area contributed by atoms with Crippen LogP contribution in [0.25, 0.3) is 5.76 Å². The topological polar surface area (TPSA) is 63.1 Å². The van der Waals surface area contributed by atoms with Crippen LogP contribution in [0.2, 0.25) is 0 Å². The summed E-state index contributed by atoms with van der Waals surface area (Å²) in [6.07, 6.45) is 1.10. The van der Waals surface area contributed by atoms with Crippen LogP contribution < -0.4 is 14.8 Å². The minimum Gasteiger partial charge on any atom is -0.508 e. The summed E-state index contributed by atoms with van der Waals surface area (Å²) < 4.78 is 11.3. The van der Waals surface area contributed by atoms with E-state index < -0.39 is 0 Å². The molecule has 120 valence electrons. The fourth-order valence-electron chi connectivity index (χ4n) is 2.70. The average molecular weight is 304 g/mol. The third kappa shape index (κ3) is 3.60. The van der Waals surface area contributed by atoms with Crippen LogP contribution in [-0.4, -0.2) is 38.6 Å². The van der Waals surface area contributed by atoms with Crippen molar-refractivity contribution >= 4 is 18.2 Å². The number of aliphatic imine (C=N–C) groups is 1. The largest absolute Gasteiger partial charge is 0.508 e. The number of nitrogens with one attached hydrogen (secondary N) is 1. The summed E-state index contributed by atoms with van der Waals surface area (Å²) >= 11 is 0. The Bertz CT molecular complexity index is 557. The second kappa shape index (κ2) is 7.31. The monoisotopic (exact) mass is 304 g/mol. The molecule has 2 unspecified atom stereocenters. The third-order valence-electron chi connectivity index (χ3n) is 4.18. The van der Waals surface area contributed by atoms with Crippen molar-refractivity contribution in [1.82, 2.24) is 5.32 Å². The van der Waals surface area contributed by atoms with Crippen molar-refractivity contribution in [1.29, 1.82) is 0 Å². The summed E-state index contributed by atoms with van der Waals surface area (Å²) in [4.78, 5) is 3.92. The van der Waals surface area contributed by atoms with Crippen molar-refractivity contribution < 1.29 is 14.6 Å². The molecule has 0 aromatic heterocycles. The van der Waals surface area contributed by atoms with Gasteiger partial charge in [0.15, 0.2) is 11.5 Å². The lowest BCUT2D eigenvalue weighted by Crippen LogP contribution is -2.37. The van der Waals surface area contributed by atoms with Crippen molar-refractivity contribution in [3.05, 3.63) is 24.3 Å². The van der Waals surface area contributed by atoms with E-state index in [0.717, 1.165) is 19.5 Å². The second-order valence-electron chi connectivity index (χ2n) is 5.67. The van der Waals surface area contributed by atoms with Crippen LogP contribution >= 0.6 is 0 Å². The number of methoxy groups -OCH3 is 1. The van der Waals surface area contributed by atoms with E-state index in [0.29, 0.717) is 41.2 Å². The van der Waals surface area contributed by atoms with Crippen molar-refractivity contribution in [2.45, 2.75) is 13.3 Å². The Hall–Kier alpha value is -2.01. The molecular formula is C17H24N2O3. The van der Waals surface area contributed by atoms with E-state index in [1.165, 1.54) is 0 Å². The maximum atomic E-state index is 9.63. The lowest BCUT2D eigenvalue weighted by Gasteiger charge is -2.29. The number of piperidine rings is 1. The Morgan fingerprint density at radius 3 is 2.82 bits per heavy atom. The molecule has 0 amide bonds. The fraction of sp³-hybridized carbons (Fsp3) is 0.471. The molecule has 0 bridgehead atoms. The van der Waals surface area contributed by atoms with Gasteiger partial charge in [0.2, 0.25) is 0 Å². The predicted molar refractivity (Wildman–Crippen MR) is 89.5 cm³/mol. The molecule has 1 heterocycles. The molecule has 5 heteroatoms. The number of benzene rings is 1. The molecule has 0 aliphatic carbocycles. The first kappa shape index (κ1) is 16.4. The molecule has 22 heavy (non-hydrogen) atoms. The van der Waals surface area contributed by atoms with Gasteiger partial charge in [0, 0.05) is 11.6 Å². The molecule has 1 aliphatic heterocycles. The normalized spacial score (nSPS) is 21.2. The summed E-state index contributed by atoms with van der Waals surface area (Å²) in [6.45, 7) is 12.0. The number of hydrogen-bond acceptors (Lipinski definition) is 5. The molecule has 1 saturated heterocycles. The van der Waals surface area contributed by atoms with Gasteiger partial charge in [0.05, 0.1) is 19.4 Å². The van der Waals surface area contributed by atoms with Crippen molar-refractivity contribution in [2.24, 2.45) is 16.8 Å². The van der Waals surface area contributed by atoms with Crippen LogP contribution in [0.1, 0.15) is 18.9 Å². The molecule has 1 fully saturated rings. The highest BCUT2D eigenvalue weighted by atomic mass is 16.5. The van der Waals surface area contributed by atoms with Crippen LogP contribution in [0.3, 0.4) is 0 Å². The zero-order valence-electron chi connectivity index (χ0n) is 13.3. The molecule has 0 saturated carbocycles. The quantitative estimate of drug-likeness (QED) is 0.626. The maximum Gasteiger partial charge on any atom is 0.163 e. The summed E-state index contributed by atoms with van der Waals surface area (Å²) in [7, 11) is 1.57. The van der Waals surface area contributed by atoms with Crippen LogP contribution in [-0.2, 0) is 0 Å². The van der Waals surface area contributed by atoms with Crippen LogP contribution in [0.15, 0.2) is 23.7 Å². The Morgan fingerprint density at radius 1 is 1.45 bits per heavy atom. The number of aliphatic hydroxyl groups is 1. The van der Waals surface area contributed by atoms with Gasteiger partial charge in [0.25, 0.3) is 0 Å². The number of hydrogen-bond donors (Lipinski definition) is 2. The lowest BCUT2D eigenvalue weighted by molar-refractivity contribution is 0.165. The SMILES string of the molecule is C=Nc1cc(OCC2CCNCC2C)c(OC)cc1C(=C)O. The molecule has 1 aliphatic rings. The van der Waals surface area contributed by atoms with Gasteiger partial charge in [-0.25, -0.2) is 0 Å². The van der Waals surface area contributed by atoms with E-state index in [-0.39, 0.29) is 5.76 Å². The van der Waals surface area contributed by atoms with E-state index in [1.807, 2.05) is 0 Å². The van der Waals surface area contributed by atoms with Crippen molar-refractivity contribution in [3.8, 4) is 11.5 Å². The zero-order valence-corrected chi connectivity index (χ0v) is 13.3. The third-order valence-corrected chi connectivity index (χ3v) is 4.18. The second-order valence-corrected chi connectivity index (χ2v) is 5.67. The molecular weight excluding hydrogens is 280 g/mol. The standard InChI is InChI=1S/C17H24N2O3/c1-11-9-19-6-5-13(11)10-22-17-8-15(18-3)14(12(2)20)7-16(17)21-4/h7-8,11,13,19-20H,2-3,5-6,9-10H2,1,4H3. The molecule has 0 spiro atoms. The first-order chi connectivity index (χ1) is 10.6. The summed E-state index contributed by atoms with van der Waals surface area (Å²) in [5.74, 6) is 2.19. The van der Waals surface area contributed by atoms with E-state index in [4.69, 9.17) is 9.47 Å². The predicted octanol–water partition coefficient (Wildman–Crippen LogP) is 3.18. The summed E-state index contributed by atoms with van der Waals surface area (Å²) in [6, 6.07) is 3.40. The van der Waals surface area contributed by atoms with Gasteiger partial charge in [-0.3, -0.25) is 4.99 Å². The number of ether oxygens (including phenoxy) is 2. The Kier molecular flexibility index (Phi) is 5.44. The van der Waals surface area contributed by atoms with Crippen molar-refractivity contribution in [2.75, 3.05) is 26.8 Å². The van der Waals surface area contributed by atoms with Gasteiger partial charge in [-0.1, -0.05) is 13.5 Å². The Labute approximate surface area is 131 Å². The Morgan fingerprint density at radius 2 is 2.23 bits per heavy atom. The van der Waals surface area contributed by atoms with Gasteiger partial charge in [-0.15, -0.1) is 0 Å². The summed E-state index contributed by atoms with van der Waals surface area (Å²) in [5, 5.41) is 13.0. The number of aliphatic hydroxyl groups excluding tert-OH is 1. The highest BCUT2D eigenvalue weighted by Gasteiger charge is 2.22. The molecule has 1 aromatic carbocycles. The lowest BCUT2D eigenvalue weighted by atomic mass is 9.89.